The lowest BCUT2D eigenvalue weighted by atomic mass is 9.60. The van der Waals surface area contributed by atoms with Gasteiger partial charge in [-0.1, -0.05) is 38.2 Å². The third kappa shape index (κ3) is 5.71. The highest BCUT2D eigenvalue weighted by Crippen LogP contribution is 2.60. The lowest BCUT2D eigenvalue weighted by molar-refractivity contribution is 0.000127. The van der Waals surface area contributed by atoms with Gasteiger partial charge >= 0.3 is 0 Å². The first-order valence-electron chi connectivity index (χ1n) is 12.3. The number of rotatable bonds is 6. The van der Waals surface area contributed by atoms with Crippen molar-refractivity contribution in [1.82, 2.24) is 0 Å². The van der Waals surface area contributed by atoms with Gasteiger partial charge in [0.15, 0.2) is 0 Å². The fourth-order valence-corrected chi connectivity index (χ4v) is 6.93. The second-order valence-electron chi connectivity index (χ2n) is 11.5. The summed E-state index contributed by atoms with van der Waals surface area (Å²) < 4.78 is 0. The van der Waals surface area contributed by atoms with Crippen LogP contribution in [0.15, 0.2) is 35.5 Å². The highest BCUT2D eigenvalue weighted by Gasteiger charge is 2.50. The molecule has 3 aliphatic carbocycles. The van der Waals surface area contributed by atoms with E-state index in [-0.39, 0.29) is 5.41 Å². The molecule has 0 saturated heterocycles. The van der Waals surface area contributed by atoms with E-state index in [0.717, 1.165) is 24.0 Å². The topological polar surface area (TPSA) is 80.9 Å². The zero-order valence-electron chi connectivity index (χ0n) is 20.0. The van der Waals surface area contributed by atoms with Gasteiger partial charge < -0.3 is 20.4 Å². The Morgan fingerprint density at radius 3 is 2.61 bits per heavy atom. The lowest BCUT2D eigenvalue weighted by Crippen LogP contribution is -2.37. The van der Waals surface area contributed by atoms with E-state index in [2.05, 4.69) is 32.6 Å². The molecule has 3 saturated carbocycles. The normalized spacial score (nSPS) is 39.0. The molecule has 0 bridgehead atoms. The zero-order chi connectivity index (χ0) is 23.0. The molecule has 0 aliphatic heterocycles. The summed E-state index contributed by atoms with van der Waals surface area (Å²) in [6.07, 6.45) is 10.8. The Kier molecular flexibility index (Phi) is 7.57. The quantitative estimate of drug-likeness (QED) is 0.491. The van der Waals surface area contributed by atoms with Crippen molar-refractivity contribution >= 4 is 0 Å². The van der Waals surface area contributed by atoms with E-state index < -0.39 is 23.9 Å². The first-order valence-corrected chi connectivity index (χ1v) is 12.3. The molecule has 3 fully saturated rings. The van der Waals surface area contributed by atoms with E-state index in [1.165, 1.54) is 31.3 Å². The smallest absolute Gasteiger partial charge is 0.0811 e. The summed E-state index contributed by atoms with van der Waals surface area (Å²) in [7, 11) is 0. The number of aliphatic hydroxyl groups is 4. The van der Waals surface area contributed by atoms with Gasteiger partial charge in [0, 0.05) is 12.8 Å². The van der Waals surface area contributed by atoms with Gasteiger partial charge in [-0.2, -0.15) is 0 Å². The van der Waals surface area contributed by atoms with Gasteiger partial charge in [0.2, 0.25) is 0 Å². The third-order valence-electron chi connectivity index (χ3n) is 8.37. The molecule has 3 aliphatic rings. The summed E-state index contributed by atoms with van der Waals surface area (Å²) in [5, 5.41) is 40.7. The van der Waals surface area contributed by atoms with Crippen LogP contribution in [0.5, 0.6) is 0 Å². The van der Waals surface area contributed by atoms with Gasteiger partial charge in [0.25, 0.3) is 0 Å². The van der Waals surface area contributed by atoms with Crippen LogP contribution in [0.25, 0.3) is 0 Å². The maximum atomic E-state index is 10.5. The van der Waals surface area contributed by atoms with Crippen molar-refractivity contribution in [1.29, 1.82) is 0 Å². The third-order valence-corrected chi connectivity index (χ3v) is 8.37. The van der Waals surface area contributed by atoms with Gasteiger partial charge in [-0.25, -0.2) is 0 Å². The molecule has 0 aromatic carbocycles. The first kappa shape index (κ1) is 24.7. The van der Waals surface area contributed by atoms with Crippen LogP contribution in [-0.2, 0) is 0 Å². The van der Waals surface area contributed by atoms with Crippen LogP contribution in [0.4, 0.5) is 0 Å². The number of allylic oxidation sites excluding steroid dienone is 3. The van der Waals surface area contributed by atoms with Crippen LogP contribution >= 0.6 is 0 Å². The van der Waals surface area contributed by atoms with E-state index in [1.807, 2.05) is 0 Å². The Morgan fingerprint density at radius 1 is 1.23 bits per heavy atom. The highest BCUT2D eigenvalue weighted by atomic mass is 16.3. The van der Waals surface area contributed by atoms with E-state index in [1.54, 1.807) is 13.8 Å². The SMILES string of the molecule is C=C1/C(=C\C=C2/CCCC3(C)C2CCC3C(C)CC(O)CC(C)(C)O)CC(O)CC1O. The van der Waals surface area contributed by atoms with Gasteiger partial charge in [-0.3, -0.25) is 0 Å². The Bertz CT molecular complexity index is 715. The van der Waals surface area contributed by atoms with Crippen LogP contribution in [0.1, 0.15) is 85.5 Å². The predicted molar refractivity (Wildman–Crippen MR) is 125 cm³/mol. The average molecular weight is 433 g/mol. The minimum Gasteiger partial charge on any atom is -0.393 e. The van der Waals surface area contributed by atoms with Gasteiger partial charge in [0.05, 0.1) is 23.9 Å². The molecule has 3 rings (SSSR count). The molecule has 0 spiro atoms. The molecule has 0 heterocycles. The van der Waals surface area contributed by atoms with Crippen molar-refractivity contribution in [3.63, 3.8) is 0 Å². The molecule has 4 N–H and O–H groups in total. The van der Waals surface area contributed by atoms with Crippen molar-refractivity contribution in [2.75, 3.05) is 0 Å². The number of fused-ring (bicyclic) bond motifs is 1. The first-order chi connectivity index (χ1) is 14.4. The monoisotopic (exact) mass is 432 g/mol. The van der Waals surface area contributed by atoms with Crippen LogP contribution in [0.3, 0.4) is 0 Å². The van der Waals surface area contributed by atoms with E-state index >= 15 is 0 Å². The largest absolute Gasteiger partial charge is 0.393 e. The molecule has 0 aromatic heterocycles. The number of hydrogen-bond acceptors (Lipinski definition) is 4. The summed E-state index contributed by atoms with van der Waals surface area (Å²) in [6.45, 7) is 12.3. The van der Waals surface area contributed by atoms with Crippen molar-refractivity contribution in [3.05, 3.63) is 35.5 Å². The summed E-state index contributed by atoms with van der Waals surface area (Å²) >= 11 is 0. The molecule has 4 nitrogen and oxygen atoms in total. The van der Waals surface area contributed by atoms with Crippen LogP contribution < -0.4 is 0 Å². The Hall–Kier alpha value is -0.940. The van der Waals surface area contributed by atoms with E-state index in [0.29, 0.717) is 37.0 Å². The lowest BCUT2D eigenvalue weighted by Gasteiger charge is -2.44. The predicted octanol–water partition coefficient (Wildman–Crippen LogP) is 4.68. The average Bonchev–Trinajstić information content (AvgIpc) is 2.99. The van der Waals surface area contributed by atoms with Gasteiger partial charge in [-0.05, 0) is 93.1 Å². The minimum atomic E-state index is -0.834. The summed E-state index contributed by atoms with van der Waals surface area (Å²) in [5.41, 5.74) is 2.64. The van der Waals surface area contributed by atoms with Gasteiger partial charge in [0.1, 0.15) is 0 Å². The molecule has 0 aromatic rings. The van der Waals surface area contributed by atoms with E-state index in [9.17, 15) is 20.4 Å². The molecule has 176 valence electrons. The number of hydrogen-bond donors (Lipinski definition) is 4. The summed E-state index contributed by atoms with van der Waals surface area (Å²) in [4.78, 5) is 0. The molecule has 0 amide bonds. The second kappa shape index (κ2) is 9.51. The fourth-order valence-electron chi connectivity index (χ4n) is 6.93. The van der Waals surface area contributed by atoms with Crippen molar-refractivity contribution < 1.29 is 20.4 Å². The Morgan fingerprint density at radius 2 is 1.94 bits per heavy atom. The Balaban J connectivity index is 1.72. The van der Waals surface area contributed by atoms with Gasteiger partial charge in [-0.15, -0.1) is 0 Å². The molecule has 0 radical (unpaired) electrons. The van der Waals surface area contributed by atoms with Crippen molar-refractivity contribution in [2.45, 2.75) is 109 Å². The Labute approximate surface area is 188 Å². The van der Waals surface area contributed by atoms with Crippen LogP contribution in [0.2, 0.25) is 0 Å². The maximum absolute atomic E-state index is 10.5. The molecular formula is C27H44O4. The molecule has 7 atom stereocenters. The number of aliphatic hydroxyl groups excluding tert-OH is 3. The van der Waals surface area contributed by atoms with Crippen LogP contribution in [0, 0.1) is 23.2 Å². The van der Waals surface area contributed by atoms with E-state index in [4.69, 9.17) is 0 Å². The fraction of sp³-hybridized carbons (Fsp3) is 0.778. The zero-order valence-corrected chi connectivity index (χ0v) is 20.0. The minimum absolute atomic E-state index is 0.249. The second-order valence-corrected chi connectivity index (χ2v) is 11.5. The molecule has 7 unspecified atom stereocenters. The highest BCUT2D eigenvalue weighted by molar-refractivity contribution is 5.38. The van der Waals surface area contributed by atoms with Crippen molar-refractivity contribution in [2.24, 2.45) is 23.2 Å². The van der Waals surface area contributed by atoms with Crippen molar-refractivity contribution in [3.8, 4) is 0 Å². The molecule has 31 heavy (non-hydrogen) atoms. The summed E-state index contributed by atoms with van der Waals surface area (Å²) in [6, 6.07) is 0. The molecule has 4 heteroatoms. The maximum Gasteiger partial charge on any atom is 0.0811 e. The standard InChI is InChI=1S/C27H44O4/c1-17(13-22(29)16-26(3,4)31)23-10-11-24-19(7-6-12-27(23,24)5)8-9-20-14-21(28)15-25(30)18(20)2/h8-9,17,21-25,28-31H,2,6-7,10-16H2,1,3-5H3/b19-8+,20-9-. The molecular weight excluding hydrogens is 388 g/mol. The summed E-state index contributed by atoms with van der Waals surface area (Å²) in [5.74, 6) is 1.57. The van der Waals surface area contributed by atoms with Crippen LogP contribution in [-0.4, -0.2) is 44.3 Å².